The number of nitrogens with zero attached hydrogens (tertiary/aromatic N) is 3. The molecule has 3 aromatic carbocycles. The summed E-state index contributed by atoms with van der Waals surface area (Å²) in [6.07, 6.45) is 5.92. The van der Waals surface area contributed by atoms with Gasteiger partial charge in [0.15, 0.2) is 0 Å². The number of benzene rings is 3. The molecule has 6 rings (SSSR count). The fourth-order valence-corrected chi connectivity index (χ4v) is 8.76. The third-order valence-electron chi connectivity index (χ3n) is 12.2. The van der Waals surface area contributed by atoms with Gasteiger partial charge in [-0.3, -0.25) is 29.0 Å². The first-order valence-electron chi connectivity index (χ1n) is 23.5. The Morgan fingerprint density at radius 3 is 2.17 bits per heavy atom. The van der Waals surface area contributed by atoms with Crippen LogP contribution in [-0.2, 0) is 25.6 Å². The van der Waals surface area contributed by atoms with Crippen molar-refractivity contribution in [3.63, 3.8) is 0 Å². The number of nitrogens with two attached hydrogens (primary N) is 3. The highest BCUT2D eigenvalue weighted by molar-refractivity contribution is 6.01. The predicted molar refractivity (Wildman–Crippen MR) is 260 cm³/mol. The maximum Gasteiger partial charge on any atom is 0.254 e. The fourth-order valence-electron chi connectivity index (χ4n) is 8.76. The second-order valence-electron chi connectivity index (χ2n) is 17.4. The number of hydrogen-bond donors (Lipinski definition) is 7. The van der Waals surface area contributed by atoms with Gasteiger partial charge in [0, 0.05) is 43.2 Å². The molecule has 18 nitrogen and oxygen atoms in total. The molecule has 0 unspecified atom stereocenters. The van der Waals surface area contributed by atoms with E-state index < -0.39 is 53.7 Å². The molecule has 10 N–H and O–H groups in total. The van der Waals surface area contributed by atoms with Crippen LogP contribution in [-0.4, -0.2) is 110 Å². The van der Waals surface area contributed by atoms with Gasteiger partial charge in [0.1, 0.15) is 61.2 Å². The van der Waals surface area contributed by atoms with Crippen LogP contribution < -0.4 is 52.7 Å². The van der Waals surface area contributed by atoms with Crippen molar-refractivity contribution in [3.05, 3.63) is 94.7 Å². The van der Waals surface area contributed by atoms with Crippen LogP contribution in [0.4, 0.5) is 0 Å². The van der Waals surface area contributed by atoms with Crippen molar-refractivity contribution in [2.75, 3.05) is 46.4 Å². The Labute approximate surface area is 403 Å². The number of aryl methyl sites for hydroxylation is 2. The number of ether oxygens (including phenoxy) is 3. The number of pyridine rings is 1. The first-order chi connectivity index (χ1) is 33.3. The molecule has 2 heterocycles. The van der Waals surface area contributed by atoms with Crippen LogP contribution in [0.5, 0.6) is 17.2 Å². The van der Waals surface area contributed by atoms with Gasteiger partial charge in [-0.05, 0) is 131 Å². The molecule has 0 radical (unpaired) electrons. The molecule has 1 aromatic heterocycles. The molecule has 4 bridgehead atoms. The van der Waals surface area contributed by atoms with Crippen molar-refractivity contribution in [1.82, 2.24) is 31.2 Å². The molecule has 0 saturated heterocycles. The van der Waals surface area contributed by atoms with Gasteiger partial charge in [0.05, 0.1) is 29.1 Å². The topological polar surface area (TPSA) is 279 Å². The summed E-state index contributed by atoms with van der Waals surface area (Å²) in [5, 5.41) is 20.0. The summed E-state index contributed by atoms with van der Waals surface area (Å²) in [6.45, 7) is 5.37. The lowest BCUT2D eigenvalue weighted by Crippen LogP contribution is -2.56. The molecule has 4 aromatic rings. The highest BCUT2D eigenvalue weighted by Crippen LogP contribution is 2.40. The first-order valence-corrected chi connectivity index (χ1v) is 23.5. The summed E-state index contributed by atoms with van der Waals surface area (Å²) in [4.78, 5) is 76.8. The second kappa shape index (κ2) is 24.3. The average Bonchev–Trinajstić information content (AvgIpc) is 3.34. The minimum atomic E-state index is -1.40. The zero-order valence-corrected chi connectivity index (χ0v) is 39.8. The van der Waals surface area contributed by atoms with Crippen molar-refractivity contribution in [2.45, 2.75) is 96.0 Å². The SMILES string of the molecule is Cc1cc(-c2ccc(OC3CCCCC3)cc2)nc(C)c1C(=O)N[C@@H](CCN)C(=O)N(C)[C@@H]1C(=O)N[C@@H](C)C(=O)N[C@H](C(=O)NCC#N)Cc2ccc(OCCN)c(c2)-c2cc1ccc2OCCN. The van der Waals surface area contributed by atoms with Gasteiger partial charge in [-0.25, -0.2) is 0 Å². The minimum absolute atomic E-state index is 0.00380. The Kier molecular flexibility index (Phi) is 18.1. The summed E-state index contributed by atoms with van der Waals surface area (Å²) in [7, 11) is 1.43. The van der Waals surface area contributed by atoms with Crippen LogP contribution in [0.2, 0.25) is 0 Å². The highest BCUT2D eigenvalue weighted by Gasteiger charge is 2.36. The van der Waals surface area contributed by atoms with E-state index in [4.69, 9.17) is 36.4 Å². The van der Waals surface area contributed by atoms with Crippen LogP contribution in [0.3, 0.4) is 0 Å². The van der Waals surface area contributed by atoms with Crippen LogP contribution in [0.15, 0.2) is 66.7 Å². The third-order valence-corrected chi connectivity index (χ3v) is 12.2. The Balaban J connectivity index is 1.34. The molecule has 69 heavy (non-hydrogen) atoms. The number of nitriles is 1. The molecule has 18 heteroatoms. The lowest BCUT2D eigenvalue weighted by molar-refractivity contribution is -0.141. The number of fused-ring (bicyclic) bond motifs is 5. The molecule has 366 valence electrons. The number of likely N-dealkylation sites (N-methyl/N-ethyl adjacent to an activating group) is 1. The number of carbonyl (C=O) groups is 5. The van der Waals surface area contributed by atoms with Gasteiger partial charge < -0.3 is 57.6 Å². The van der Waals surface area contributed by atoms with E-state index in [0.717, 1.165) is 24.2 Å². The minimum Gasteiger partial charge on any atom is -0.492 e. The van der Waals surface area contributed by atoms with Gasteiger partial charge in [-0.2, -0.15) is 5.26 Å². The van der Waals surface area contributed by atoms with Crippen LogP contribution in [0.1, 0.15) is 84.2 Å². The number of amides is 5. The van der Waals surface area contributed by atoms with Crippen molar-refractivity contribution in [2.24, 2.45) is 17.2 Å². The average molecular weight is 945 g/mol. The zero-order chi connectivity index (χ0) is 49.6. The molecule has 2 aliphatic rings. The predicted octanol–water partition coefficient (Wildman–Crippen LogP) is 3.25. The number of carbonyl (C=O) groups excluding carboxylic acids is 5. The summed E-state index contributed by atoms with van der Waals surface area (Å²) in [5.41, 5.74) is 22.5. The molecule has 1 saturated carbocycles. The van der Waals surface area contributed by atoms with E-state index in [1.165, 1.54) is 38.1 Å². The Bertz CT molecular complexity index is 2500. The molecular weight excluding hydrogens is 881 g/mol. The lowest BCUT2D eigenvalue weighted by Gasteiger charge is -2.32. The van der Waals surface area contributed by atoms with Crippen LogP contribution in [0, 0.1) is 25.2 Å². The monoisotopic (exact) mass is 944 g/mol. The molecule has 1 aliphatic heterocycles. The van der Waals surface area contributed by atoms with Crippen molar-refractivity contribution in [1.29, 1.82) is 5.26 Å². The van der Waals surface area contributed by atoms with E-state index in [1.54, 1.807) is 50.2 Å². The molecule has 5 amide bonds. The molecular formula is C51H64N10O8. The molecule has 1 fully saturated rings. The maximum absolute atomic E-state index is 14.8. The normalized spacial score (nSPS) is 17.7. The number of nitrogens with one attached hydrogen (secondary N) is 4. The first kappa shape index (κ1) is 51.3. The second-order valence-corrected chi connectivity index (χ2v) is 17.4. The van der Waals surface area contributed by atoms with E-state index >= 15 is 0 Å². The molecule has 0 spiro atoms. The molecule has 1 aliphatic carbocycles. The van der Waals surface area contributed by atoms with Crippen LogP contribution in [0.25, 0.3) is 22.4 Å². The van der Waals surface area contributed by atoms with Crippen molar-refractivity contribution >= 4 is 29.5 Å². The number of hydrogen-bond acceptors (Lipinski definition) is 13. The van der Waals surface area contributed by atoms with Crippen molar-refractivity contribution in [3.8, 4) is 45.7 Å². The van der Waals surface area contributed by atoms with E-state index in [1.807, 2.05) is 36.4 Å². The quantitative estimate of drug-likeness (QED) is 0.0750. The largest absolute Gasteiger partial charge is 0.492 e. The van der Waals surface area contributed by atoms with Gasteiger partial charge in [0.2, 0.25) is 23.6 Å². The van der Waals surface area contributed by atoms with Gasteiger partial charge in [-0.1, -0.05) is 18.6 Å². The number of aromatic nitrogens is 1. The third kappa shape index (κ3) is 12.9. The highest BCUT2D eigenvalue weighted by atomic mass is 16.5. The number of rotatable bonds is 17. The zero-order valence-electron chi connectivity index (χ0n) is 39.8. The summed E-state index contributed by atoms with van der Waals surface area (Å²) >= 11 is 0. The Morgan fingerprint density at radius 2 is 1.54 bits per heavy atom. The summed E-state index contributed by atoms with van der Waals surface area (Å²) in [5.74, 6) is -1.68. The van der Waals surface area contributed by atoms with Gasteiger partial charge in [-0.15, -0.1) is 0 Å². The summed E-state index contributed by atoms with van der Waals surface area (Å²) < 4.78 is 18.4. The van der Waals surface area contributed by atoms with E-state index in [-0.39, 0.29) is 63.9 Å². The van der Waals surface area contributed by atoms with E-state index in [2.05, 4.69) is 21.3 Å². The van der Waals surface area contributed by atoms with Gasteiger partial charge >= 0.3 is 0 Å². The standard InChI is InChI=1S/C51H64N10O8/c1-30-26-41(34-11-14-37(15-12-34)69-36-8-6-5-7-9-36)57-31(2)45(30)49(64)59-40(18-19-52)51(66)61(4)46-35-13-17-44(68-25-22-55)39(29-35)38-27-33(10-16-43(38)67-24-21-54)28-42(48(63)56-23-20-53)60-47(62)32(3)58-50(46)65/h10-17,26-27,29,32,36,40,42,46H,5-9,18-19,21-25,28,52,54-55H2,1-4H3,(H,56,63)(H,58,65)(H,59,64)(H,60,62)/t32-,40-,42-,46-/m0/s1. The van der Waals surface area contributed by atoms with E-state index in [9.17, 15) is 29.2 Å². The van der Waals surface area contributed by atoms with Gasteiger partial charge in [0.25, 0.3) is 5.91 Å². The van der Waals surface area contributed by atoms with Crippen molar-refractivity contribution < 1.29 is 38.2 Å². The maximum atomic E-state index is 14.8. The smallest absolute Gasteiger partial charge is 0.254 e. The molecule has 4 atom stereocenters. The summed E-state index contributed by atoms with van der Waals surface area (Å²) in [6, 6.07) is 16.7. The lowest BCUT2D eigenvalue weighted by atomic mass is 9.93. The van der Waals surface area contributed by atoms with Crippen LogP contribution >= 0.6 is 0 Å². The Hall–Kier alpha value is -7.07. The fraction of sp³-hybridized carbons (Fsp3) is 0.431. The van der Waals surface area contributed by atoms with E-state index in [0.29, 0.717) is 50.7 Å². The Morgan fingerprint density at radius 1 is 0.870 bits per heavy atom.